The van der Waals surface area contributed by atoms with Crippen LogP contribution in [0.25, 0.3) is 0 Å². The number of carbonyl (C=O) groups excluding carboxylic acids is 1. The molecule has 0 spiro atoms. The summed E-state index contributed by atoms with van der Waals surface area (Å²) < 4.78 is 0. The molecule has 0 aromatic carbocycles. The molecule has 1 amide bonds. The number of anilines is 1. The Morgan fingerprint density at radius 2 is 1.71 bits per heavy atom. The van der Waals surface area contributed by atoms with Gasteiger partial charge in [-0.15, -0.1) is 0 Å². The number of amides is 1. The number of hydrogen-bond acceptors (Lipinski definition) is 5. The van der Waals surface area contributed by atoms with Crippen LogP contribution in [0.3, 0.4) is 0 Å². The van der Waals surface area contributed by atoms with Crippen molar-refractivity contribution < 1.29 is 4.79 Å². The van der Waals surface area contributed by atoms with Crippen molar-refractivity contribution in [2.75, 3.05) is 18.0 Å². The maximum absolute atomic E-state index is 11.0. The summed E-state index contributed by atoms with van der Waals surface area (Å²) in [5.41, 5.74) is 5.26. The van der Waals surface area contributed by atoms with Gasteiger partial charge in [0.1, 0.15) is 0 Å². The average molecular weight is 276 g/mol. The standard InChI is InChI=1S/C9H11Cl2N5O/c10-7-13-8(11)15-9(14-7)16-3-1-5(2-4-16)6(12)17/h5H,1-4H2,(H2,12,17). The Morgan fingerprint density at radius 1 is 1.18 bits per heavy atom. The van der Waals surface area contributed by atoms with E-state index in [2.05, 4.69) is 15.0 Å². The van der Waals surface area contributed by atoms with Crippen molar-refractivity contribution in [2.24, 2.45) is 11.7 Å². The molecule has 17 heavy (non-hydrogen) atoms. The van der Waals surface area contributed by atoms with Gasteiger partial charge in [-0.25, -0.2) is 0 Å². The molecule has 2 rings (SSSR count). The lowest BCUT2D eigenvalue weighted by molar-refractivity contribution is -0.122. The molecule has 6 nitrogen and oxygen atoms in total. The molecule has 0 saturated carbocycles. The number of primary amides is 1. The van der Waals surface area contributed by atoms with Crippen LogP contribution in [0.15, 0.2) is 0 Å². The molecule has 0 unspecified atom stereocenters. The van der Waals surface area contributed by atoms with Crippen LogP contribution in [-0.4, -0.2) is 33.9 Å². The molecular formula is C9H11Cl2N5O. The van der Waals surface area contributed by atoms with Crippen LogP contribution in [0.5, 0.6) is 0 Å². The summed E-state index contributed by atoms with van der Waals surface area (Å²) in [6.07, 6.45) is 1.38. The number of piperidine rings is 1. The number of carbonyl (C=O) groups is 1. The van der Waals surface area contributed by atoms with E-state index in [0.717, 1.165) is 0 Å². The highest BCUT2D eigenvalue weighted by molar-refractivity contribution is 6.31. The van der Waals surface area contributed by atoms with E-state index in [4.69, 9.17) is 28.9 Å². The largest absolute Gasteiger partial charge is 0.369 e. The predicted octanol–water partition coefficient (Wildman–Crippen LogP) is 0.880. The molecule has 1 aromatic rings. The van der Waals surface area contributed by atoms with Crippen LogP contribution in [0.1, 0.15) is 12.8 Å². The first kappa shape index (κ1) is 12.3. The van der Waals surface area contributed by atoms with Gasteiger partial charge in [0.25, 0.3) is 0 Å². The SMILES string of the molecule is NC(=O)C1CCN(c2nc(Cl)nc(Cl)n2)CC1. The molecule has 0 aliphatic carbocycles. The van der Waals surface area contributed by atoms with Crippen molar-refractivity contribution >= 4 is 35.1 Å². The molecular weight excluding hydrogens is 265 g/mol. The normalized spacial score (nSPS) is 17.2. The summed E-state index contributed by atoms with van der Waals surface area (Å²) in [5, 5.41) is 0.133. The Morgan fingerprint density at radius 3 is 2.18 bits per heavy atom. The van der Waals surface area contributed by atoms with Crippen molar-refractivity contribution in [3.63, 3.8) is 0 Å². The number of aromatic nitrogens is 3. The minimum absolute atomic E-state index is 0.0667. The number of nitrogens with zero attached hydrogens (tertiary/aromatic N) is 4. The average Bonchev–Trinajstić information content (AvgIpc) is 2.28. The zero-order valence-corrected chi connectivity index (χ0v) is 10.4. The highest BCUT2D eigenvalue weighted by Crippen LogP contribution is 2.21. The third-order valence-corrected chi connectivity index (χ3v) is 3.09. The summed E-state index contributed by atoms with van der Waals surface area (Å²) in [7, 11) is 0. The lowest BCUT2D eigenvalue weighted by Crippen LogP contribution is -2.39. The summed E-state index contributed by atoms with van der Waals surface area (Å²) in [6, 6.07) is 0. The van der Waals surface area contributed by atoms with E-state index < -0.39 is 0 Å². The van der Waals surface area contributed by atoms with Crippen LogP contribution in [0.4, 0.5) is 5.95 Å². The molecule has 1 aliphatic rings. The molecule has 2 heterocycles. The number of rotatable bonds is 2. The number of hydrogen-bond donors (Lipinski definition) is 1. The van der Waals surface area contributed by atoms with Crippen LogP contribution >= 0.6 is 23.2 Å². The third kappa shape index (κ3) is 2.95. The van der Waals surface area contributed by atoms with E-state index in [1.54, 1.807) is 0 Å². The zero-order valence-electron chi connectivity index (χ0n) is 8.94. The van der Waals surface area contributed by atoms with Crippen molar-refractivity contribution in [2.45, 2.75) is 12.8 Å². The quantitative estimate of drug-likeness (QED) is 0.866. The minimum Gasteiger partial charge on any atom is -0.369 e. The summed E-state index contributed by atoms with van der Waals surface area (Å²) in [6.45, 7) is 1.31. The summed E-state index contributed by atoms with van der Waals surface area (Å²) >= 11 is 11.4. The van der Waals surface area contributed by atoms with Crippen LogP contribution in [0, 0.1) is 5.92 Å². The summed E-state index contributed by atoms with van der Waals surface area (Å²) in [5.74, 6) is 0.119. The summed E-state index contributed by atoms with van der Waals surface area (Å²) in [4.78, 5) is 24.6. The Balaban J connectivity index is 2.07. The van der Waals surface area contributed by atoms with Gasteiger partial charge in [0.2, 0.25) is 22.4 Å². The molecule has 2 N–H and O–H groups in total. The molecule has 1 aromatic heterocycles. The van der Waals surface area contributed by atoms with Gasteiger partial charge in [0.15, 0.2) is 0 Å². The fraction of sp³-hybridized carbons (Fsp3) is 0.556. The van der Waals surface area contributed by atoms with Gasteiger partial charge in [-0.3, -0.25) is 4.79 Å². The lowest BCUT2D eigenvalue weighted by atomic mass is 9.97. The van der Waals surface area contributed by atoms with E-state index in [1.807, 2.05) is 4.90 Å². The molecule has 1 aliphatic heterocycles. The first-order valence-corrected chi connectivity index (χ1v) is 5.93. The van der Waals surface area contributed by atoms with E-state index in [0.29, 0.717) is 31.9 Å². The predicted molar refractivity (Wildman–Crippen MR) is 64.0 cm³/mol. The molecule has 1 saturated heterocycles. The van der Waals surface area contributed by atoms with E-state index >= 15 is 0 Å². The molecule has 1 fully saturated rings. The number of nitrogens with two attached hydrogens (primary N) is 1. The Bertz CT molecular complexity index is 413. The first-order valence-electron chi connectivity index (χ1n) is 5.17. The third-order valence-electron chi connectivity index (χ3n) is 2.75. The first-order chi connectivity index (χ1) is 8.06. The second-order valence-electron chi connectivity index (χ2n) is 3.84. The van der Waals surface area contributed by atoms with Gasteiger partial charge < -0.3 is 10.6 Å². The van der Waals surface area contributed by atoms with Crippen LogP contribution in [-0.2, 0) is 4.79 Å². The van der Waals surface area contributed by atoms with E-state index in [9.17, 15) is 4.79 Å². The van der Waals surface area contributed by atoms with E-state index in [-0.39, 0.29) is 22.4 Å². The van der Waals surface area contributed by atoms with Gasteiger partial charge in [-0.2, -0.15) is 15.0 Å². The van der Waals surface area contributed by atoms with Crippen LogP contribution in [0.2, 0.25) is 10.6 Å². The Hall–Kier alpha value is -1.14. The zero-order chi connectivity index (χ0) is 12.4. The second kappa shape index (κ2) is 5.01. The molecule has 0 bridgehead atoms. The Kier molecular flexibility index (Phi) is 3.63. The minimum atomic E-state index is -0.253. The van der Waals surface area contributed by atoms with Gasteiger partial charge in [-0.05, 0) is 36.0 Å². The number of halogens is 2. The highest BCUT2D eigenvalue weighted by atomic mass is 35.5. The van der Waals surface area contributed by atoms with Gasteiger partial charge in [0.05, 0.1) is 0 Å². The van der Waals surface area contributed by atoms with Crippen molar-refractivity contribution in [1.29, 1.82) is 0 Å². The van der Waals surface area contributed by atoms with Crippen molar-refractivity contribution in [3.05, 3.63) is 10.6 Å². The Labute approximate surface area is 108 Å². The molecule has 92 valence electrons. The van der Waals surface area contributed by atoms with Gasteiger partial charge in [0, 0.05) is 19.0 Å². The van der Waals surface area contributed by atoms with Crippen LogP contribution < -0.4 is 10.6 Å². The van der Waals surface area contributed by atoms with E-state index in [1.165, 1.54) is 0 Å². The highest BCUT2D eigenvalue weighted by Gasteiger charge is 2.24. The molecule has 8 heteroatoms. The monoisotopic (exact) mass is 275 g/mol. The maximum atomic E-state index is 11.0. The van der Waals surface area contributed by atoms with Crippen molar-refractivity contribution in [1.82, 2.24) is 15.0 Å². The lowest BCUT2D eigenvalue weighted by Gasteiger charge is -2.30. The molecule has 0 radical (unpaired) electrons. The smallest absolute Gasteiger partial charge is 0.230 e. The second-order valence-corrected chi connectivity index (χ2v) is 4.51. The van der Waals surface area contributed by atoms with Gasteiger partial charge >= 0.3 is 0 Å². The molecule has 0 atom stereocenters. The fourth-order valence-corrected chi connectivity index (χ4v) is 2.18. The van der Waals surface area contributed by atoms with Gasteiger partial charge in [-0.1, -0.05) is 0 Å². The van der Waals surface area contributed by atoms with Crippen molar-refractivity contribution in [3.8, 4) is 0 Å². The maximum Gasteiger partial charge on any atom is 0.230 e. The fourth-order valence-electron chi connectivity index (χ4n) is 1.82. The topological polar surface area (TPSA) is 85.0 Å².